The largest absolute Gasteiger partial charge is 0.502 e. The Bertz CT molecular complexity index is 1340. The van der Waals surface area contributed by atoms with E-state index in [1.165, 1.54) is 14.2 Å². The van der Waals surface area contributed by atoms with Crippen molar-refractivity contribution in [1.82, 2.24) is 15.1 Å². The maximum atomic E-state index is 13.2. The Kier molecular flexibility index (Phi) is 5.12. The van der Waals surface area contributed by atoms with Crippen LogP contribution in [0.2, 0.25) is 0 Å². The molecule has 1 saturated heterocycles. The molecule has 3 aromatic rings. The first-order valence-corrected chi connectivity index (χ1v) is 11.2. The fourth-order valence-electron chi connectivity index (χ4n) is 4.80. The predicted octanol–water partition coefficient (Wildman–Crippen LogP) is 3.84. The number of rotatable bonds is 4. The number of anilines is 1. The van der Waals surface area contributed by atoms with E-state index >= 15 is 0 Å². The maximum absolute atomic E-state index is 13.2. The highest BCUT2D eigenvalue weighted by molar-refractivity contribution is 6.18. The van der Waals surface area contributed by atoms with E-state index in [4.69, 9.17) is 14.5 Å². The number of urea groups is 1. The summed E-state index contributed by atoms with van der Waals surface area (Å²) in [4.78, 5) is 19.7. The van der Waals surface area contributed by atoms with E-state index in [0.717, 1.165) is 5.56 Å². The van der Waals surface area contributed by atoms with Crippen molar-refractivity contribution >= 4 is 23.4 Å². The molecule has 2 atom stereocenters. The number of nitrogens with zero attached hydrogens (tertiary/aromatic N) is 4. The number of carbonyl (C=O) groups is 1. The molecule has 10 nitrogen and oxygen atoms in total. The summed E-state index contributed by atoms with van der Waals surface area (Å²) in [6.07, 6.45) is 1.73. The van der Waals surface area contributed by atoms with Gasteiger partial charge in [0, 0.05) is 22.7 Å². The van der Waals surface area contributed by atoms with Crippen LogP contribution in [0.1, 0.15) is 37.8 Å². The average molecular weight is 478 g/mol. The number of hydrogen-bond acceptors (Lipinski definition) is 7. The van der Waals surface area contributed by atoms with Gasteiger partial charge in [-0.3, -0.25) is 10.2 Å². The Morgan fingerprint density at radius 2 is 1.74 bits per heavy atom. The molecular weight excluding hydrogens is 450 g/mol. The second kappa shape index (κ2) is 7.93. The molecule has 182 valence electrons. The van der Waals surface area contributed by atoms with Crippen LogP contribution < -0.4 is 19.7 Å². The van der Waals surface area contributed by atoms with Crippen molar-refractivity contribution in [1.29, 1.82) is 0 Å². The Balaban J connectivity index is 1.81. The summed E-state index contributed by atoms with van der Waals surface area (Å²) < 4.78 is 12.7. The zero-order valence-corrected chi connectivity index (χ0v) is 20.1. The number of methoxy groups -OCH3 is 2. The van der Waals surface area contributed by atoms with Crippen molar-refractivity contribution in [3.05, 3.63) is 53.7 Å². The normalized spacial score (nSPS) is 19.1. The second-order valence-corrected chi connectivity index (χ2v) is 9.46. The standard InChI is InChI=1S/C25H27N5O5/c1-25(2,3)30-23-15(12-26-30)17(14-11-16(34-4)19(31)20(32)21(14)35-5)18-22(27-23)28-24(33)29(18)13-9-7-6-8-10-13/h6-12,17-18,31-32H,1-5H3,(H,27,28,33). The van der Waals surface area contributed by atoms with E-state index in [9.17, 15) is 15.0 Å². The molecule has 3 N–H and O–H groups in total. The van der Waals surface area contributed by atoms with Gasteiger partial charge >= 0.3 is 6.03 Å². The van der Waals surface area contributed by atoms with Gasteiger partial charge in [0.2, 0.25) is 11.5 Å². The van der Waals surface area contributed by atoms with Crippen LogP contribution in [0.15, 0.2) is 47.6 Å². The van der Waals surface area contributed by atoms with Gasteiger partial charge in [0.15, 0.2) is 17.3 Å². The Hall–Kier alpha value is -4.21. The fourth-order valence-corrected chi connectivity index (χ4v) is 4.80. The van der Waals surface area contributed by atoms with Gasteiger partial charge in [-0.15, -0.1) is 0 Å². The lowest BCUT2D eigenvalue weighted by atomic mass is 9.82. The highest BCUT2D eigenvalue weighted by Crippen LogP contribution is 2.53. The van der Waals surface area contributed by atoms with Crippen molar-refractivity contribution in [2.24, 2.45) is 4.99 Å². The van der Waals surface area contributed by atoms with Crippen molar-refractivity contribution in [2.75, 3.05) is 19.1 Å². The van der Waals surface area contributed by atoms with Crippen LogP contribution in [0.3, 0.4) is 0 Å². The number of carbonyl (C=O) groups excluding carboxylic acids is 1. The Labute approximate surface area is 202 Å². The van der Waals surface area contributed by atoms with Gasteiger partial charge in [-0.2, -0.15) is 5.10 Å². The Morgan fingerprint density at radius 3 is 2.37 bits per heavy atom. The average Bonchev–Trinajstić information content (AvgIpc) is 3.40. The number of aliphatic imine (C=N–C) groups is 1. The number of nitrogens with one attached hydrogen (secondary N) is 1. The molecule has 1 fully saturated rings. The first-order chi connectivity index (χ1) is 16.7. The van der Waals surface area contributed by atoms with Crippen LogP contribution in [0.25, 0.3) is 0 Å². The summed E-state index contributed by atoms with van der Waals surface area (Å²) in [5.74, 6) is -0.216. The lowest BCUT2D eigenvalue weighted by Crippen LogP contribution is -2.42. The molecule has 1 aromatic heterocycles. The van der Waals surface area contributed by atoms with Crippen LogP contribution in [0, 0.1) is 0 Å². The molecule has 2 aliphatic rings. The maximum Gasteiger partial charge on any atom is 0.328 e. The monoisotopic (exact) mass is 477 g/mol. The molecule has 0 spiro atoms. The van der Waals surface area contributed by atoms with Crippen molar-refractivity contribution < 1.29 is 24.5 Å². The molecule has 35 heavy (non-hydrogen) atoms. The SMILES string of the molecule is COc1cc(C2c3cnn(C(C)(C)C)c3N=C3NC(=O)N(c4ccccc4)C32)c(OC)c(O)c1O. The number of amides is 2. The molecule has 0 aliphatic carbocycles. The number of phenols is 2. The molecule has 0 bridgehead atoms. The van der Waals surface area contributed by atoms with Gasteiger partial charge < -0.3 is 19.7 Å². The lowest BCUT2D eigenvalue weighted by Gasteiger charge is -2.34. The topological polar surface area (TPSA) is 121 Å². The van der Waals surface area contributed by atoms with E-state index in [1.807, 2.05) is 51.1 Å². The van der Waals surface area contributed by atoms with Gasteiger partial charge in [0.05, 0.1) is 26.0 Å². The molecule has 2 amide bonds. The number of aromatic nitrogens is 2. The van der Waals surface area contributed by atoms with Gasteiger partial charge in [-0.25, -0.2) is 14.5 Å². The van der Waals surface area contributed by atoms with Crippen LogP contribution in [-0.2, 0) is 5.54 Å². The zero-order chi connectivity index (χ0) is 25.1. The molecule has 5 rings (SSSR count). The first-order valence-electron chi connectivity index (χ1n) is 11.2. The molecule has 2 aliphatic heterocycles. The molecular formula is C25H27N5O5. The van der Waals surface area contributed by atoms with Crippen LogP contribution >= 0.6 is 0 Å². The van der Waals surface area contributed by atoms with E-state index in [1.54, 1.807) is 21.8 Å². The minimum atomic E-state index is -0.586. The van der Waals surface area contributed by atoms with Gasteiger partial charge in [0.25, 0.3) is 0 Å². The second-order valence-electron chi connectivity index (χ2n) is 9.46. The Morgan fingerprint density at radius 1 is 1.03 bits per heavy atom. The fraction of sp³-hybridized carbons (Fsp3) is 0.320. The molecule has 2 aromatic carbocycles. The number of ether oxygens (including phenoxy) is 2. The van der Waals surface area contributed by atoms with Crippen LogP contribution in [0.4, 0.5) is 16.3 Å². The van der Waals surface area contributed by atoms with Crippen LogP contribution in [-0.4, -0.2) is 52.1 Å². The van der Waals surface area contributed by atoms with Crippen molar-refractivity contribution in [3.63, 3.8) is 0 Å². The first kappa shape index (κ1) is 22.6. The summed E-state index contributed by atoms with van der Waals surface area (Å²) in [6, 6.07) is 9.99. The quantitative estimate of drug-likeness (QED) is 0.491. The van der Waals surface area contributed by atoms with Gasteiger partial charge in [-0.1, -0.05) is 18.2 Å². The smallest absolute Gasteiger partial charge is 0.328 e. The number of fused-ring (bicyclic) bond motifs is 2. The third kappa shape index (κ3) is 3.36. The molecule has 0 radical (unpaired) electrons. The van der Waals surface area contributed by atoms with E-state index in [-0.39, 0.29) is 23.1 Å². The number of aromatic hydroxyl groups is 2. The number of hydrogen-bond donors (Lipinski definition) is 3. The number of phenolic OH excluding ortho intramolecular Hbond substituents is 2. The minimum absolute atomic E-state index is 0.0793. The van der Waals surface area contributed by atoms with E-state index in [0.29, 0.717) is 22.9 Å². The summed E-state index contributed by atoms with van der Waals surface area (Å²) >= 11 is 0. The molecule has 0 saturated carbocycles. The molecule has 10 heteroatoms. The summed E-state index contributed by atoms with van der Waals surface area (Å²) in [6.45, 7) is 6.04. The van der Waals surface area contributed by atoms with Crippen LogP contribution in [0.5, 0.6) is 23.0 Å². The summed E-state index contributed by atoms with van der Waals surface area (Å²) in [7, 11) is 2.81. The molecule has 2 unspecified atom stereocenters. The van der Waals surface area contributed by atoms with Gasteiger partial charge in [0.1, 0.15) is 11.9 Å². The minimum Gasteiger partial charge on any atom is -0.502 e. The third-order valence-electron chi connectivity index (χ3n) is 6.31. The van der Waals surface area contributed by atoms with E-state index < -0.39 is 23.5 Å². The summed E-state index contributed by atoms with van der Waals surface area (Å²) in [5.41, 5.74) is 1.57. The zero-order valence-electron chi connectivity index (χ0n) is 20.1. The number of amidine groups is 1. The van der Waals surface area contributed by atoms with E-state index in [2.05, 4.69) is 10.4 Å². The van der Waals surface area contributed by atoms with Crippen molar-refractivity contribution in [3.8, 4) is 23.0 Å². The lowest BCUT2D eigenvalue weighted by molar-refractivity contribution is 0.252. The van der Waals surface area contributed by atoms with Crippen molar-refractivity contribution in [2.45, 2.75) is 38.3 Å². The third-order valence-corrected chi connectivity index (χ3v) is 6.31. The van der Waals surface area contributed by atoms with Gasteiger partial charge in [-0.05, 0) is 39.0 Å². The highest BCUT2D eigenvalue weighted by Gasteiger charge is 2.49. The number of para-hydroxylation sites is 1. The molecule has 3 heterocycles. The highest BCUT2D eigenvalue weighted by atomic mass is 16.5. The summed E-state index contributed by atoms with van der Waals surface area (Å²) in [5, 5.41) is 28.7. The number of benzene rings is 2. The predicted molar refractivity (Wildman–Crippen MR) is 130 cm³/mol.